The summed E-state index contributed by atoms with van der Waals surface area (Å²) in [5.74, 6) is 2.10. The van der Waals surface area contributed by atoms with Gasteiger partial charge < -0.3 is 14.4 Å². The Morgan fingerprint density at radius 1 is 1.29 bits per heavy atom. The zero-order valence-corrected chi connectivity index (χ0v) is 13.6. The molecule has 1 fully saturated rings. The monoisotopic (exact) mass is 325 g/mol. The summed E-state index contributed by atoms with van der Waals surface area (Å²) in [4.78, 5) is 15.0. The Kier molecular flexibility index (Phi) is 5.06. The molecule has 0 saturated carbocycles. The van der Waals surface area contributed by atoms with Crippen LogP contribution in [0.2, 0.25) is 0 Å². The second kappa shape index (κ2) is 7.59. The summed E-state index contributed by atoms with van der Waals surface area (Å²) in [5.41, 5.74) is 0.551. The molecular weight excluding hydrogens is 306 g/mol. The smallest absolute Gasteiger partial charge is 0.228 e. The fraction of sp³-hybridized carbons (Fsp3) is 0.412. The topological polar surface area (TPSA) is 84.2 Å². The lowest BCUT2D eigenvalue weighted by atomic mass is 9.99. The summed E-state index contributed by atoms with van der Waals surface area (Å²) >= 11 is 0. The molecule has 0 amide bonds. The third kappa shape index (κ3) is 3.90. The summed E-state index contributed by atoms with van der Waals surface area (Å²) < 4.78 is 10.9. The first-order chi connectivity index (χ1) is 11.8. The molecule has 0 radical (unpaired) electrons. The van der Waals surface area contributed by atoms with Crippen LogP contribution in [-0.2, 0) is 0 Å². The van der Waals surface area contributed by atoms with E-state index in [-0.39, 0.29) is 0 Å². The lowest BCUT2D eigenvalue weighted by molar-refractivity contribution is 0.221. The highest BCUT2D eigenvalue weighted by atomic mass is 16.5. The molecule has 0 N–H and O–H groups in total. The van der Waals surface area contributed by atoms with E-state index in [4.69, 9.17) is 14.7 Å². The van der Waals surface area contributed by atoms with E-state index in [1.165, 1.54) is 0 Å². The van der Waals surface area contributed by atoms with E-state index in [1.807, 2.05) is 0 Å². The van der Waals surface area contributed by atoms with Gasteiger partial charge in [-0.2, -0.15) is 10.2 Å². The number of hydrogen-bond donors (Lipinski definition) is 0. The fourth-order valence-electron chi connectivity index (χ4n) is 2.74. The number of methoxy groups -OCH3 is 1. The summed E-state index contributed by atoms with van der Waals surface area (Å²) in [6.45, 7) is 2.30. The average molecular weight is 325 g/mol. The van der Waals surface area contributed by atoms with Gasteiger partial charge in [-0.05, 0) is 18.9 Å². The molecule has 7 nitrogen and oxygen atoms in total. The molecule has 1 saturated heterocycles. The van der Waals surface area contributed by atoms with Gasteiger partial charge in [-0.1, -0.05) is 0 Å². The third-order valence-electron chi connectivity index (χ3n) is 3.96. The Morgan fingerprint density at radius 2 is 2.17 bits per heavy atom. The van der Waals surface area contributed by atoms with Gasteiger partial charge in [-0.3, -0.25) is 0 Å². The predicted octanol–water partition coefficient (Wildman–Crippen LogP) is 2.05. The highest BCUT2D eigenvalue weighted by molar-refractivity contribution is 5.33. The maximum atomic E-state index is 8.92. The third-order valence-corrected chi connectivity index (χ3v) is 3.96. The first-order valence-corrected chi connectivity index (χ1v) is 7.89. The number of pyridine rings is 1. The summed E-state index contributed by atoms with van der Waals surface area (Å²) in [6.07, 6.45) is 5.43. The van der Waals surface area contributed by atoms with Gasteiger partial charge in [-0.15, -0.1) is 0 Å². The van der Waals surface area contributed by atoms with Crippen molar-refractivity contribution in [2.75, 3.05) is 31.7 Å². The molecule has 1 aliphatic rings. The van der Waals surface area contributed by atoms with Gasteiger partial charge in [0.15, 0.2) is 0 Å². The SMILES string of the molecule is COc1ccnc(N2CCCC(COc3cc(C#N)ccn3)C2)n1. The molecule has 0 bridgehead atoms. The molecule has 0 spiro atoms. The molecule has 124 valence electrons. The van der Waals surface area contributed by atoms with Crippen molar-refractivity contribution in [1.29, 1.82) is 5.26 Å². The van der Waals surface area contributed by atoms with Gasteiger partial charge in [0.2, 0.25) is 17.7 Å². The Labute approximate surface area is 140 Å². The Balaban J connectivity index is 1.60. The minimum atomic E-state index is 0.362. The van der Waals surface area contributed by atoms with Crippen LogP contribution in [0.3, 0.4) is 0 Å². The summed E-state index contributed by atoms with van der Waals surface area (Å²) in [7, 11) is 1.60. The quantitative estimate of drug-likeness (QED) is 0.831. The fourth-order valence-corrected chi connectivity index (χ4v) is 2.74. The number of aromatic nitrogens is 3. The van der Waals surface area contributed by atoms with Crippen molar-refractivity contribution in [1.82, 2.24) is 15.0 Å². The summed E-state index contributed by atoms with van der Waals surface area (Å²) in [6, 6.07) is 7.15. The molecule has 2 aromatic rings. The molecule has 1 unspecified atom stereocenters. The van der Waals surface area contributed by atoms with Crippen LogP contribution in [0.5, 0.6) is 11.8 Å². The number of nitrogens with zero attached hydrogens (tertiary/aromatic N) is 5. The highest BCUT2D eigenvalue weighted by Crippen LogP contribution is 2.22. The van der Waals surface area contributed by atoms with E-state index in [2.05, 4.69) is 25.9 Å². The molecule has 0 aromatic carbocycles. The van der Waals surface area contributed by atoms with E-state index < -0.39 is 0 Å². The van der Waals surface area contributed by atoms with E-state index in [1.54, 1.807) is 37.7 Å². The molecule has 7 heteroatoms. The van der Waals surface area contributed by atoms with Crippen LogP contribution in [0.4, 0.5) is 5.95 Å². The largest absolute Gasteiger partial charge is 0.481 e. The molecule has 3 rings (SSSR count). The number of piperidine rings is 1. The van der Waals surface area contributed by atoms with Gasteiger partial charge in [0.1, 0.15) is 0 Å². The van der Waals surface area contributed by atoms with Crippen molar-refractivity contribution in [2.45, 2.75) is 12.8 Å². The zero-order valence-electron chi connectivity index (χ0n) is 13.6. The van der Waals surface area contributed by atoms with E-state index in [9.17, 15) is 0 Å². The van der Waals surface area contributed by atoms with Crippen LogP contribution >= 0.6 is 0 Å². The minimum absolute atomic E-state index is 0.362. The standard InChI is InChI=1S/C17H19N5O2/c1-23-15-5-7-20-17(21-15)22-8-2-3-14(11-22)12-24-16-9-13(10-18)4-6-19-16/h4-7,9,14H,2-3,8,11-12H2,1H3. The van der Waals surface area contributed by atoms with Gasteiger partial charge in [-0.25, -0.2) is 9.97 Å². The van der Waals surface area contributed by atoms with Gasteiger partial charge in [0, 0.05) is 43.5 Å². The Bertz CT molecular complexity index is 731. The van der Waals surface area contributed by atoms with E-state index in [0.717, 1.165) is 25.9 Å². The molecule has 24 heavy (non-hydrogen) atoms. The van der Waals surface area contributed by atoms with Crippen molar-refractivity contribution in [3.63, 3.8) is 0 Å². The molecule has 1 atom stereocenters. The Morgan fingerprint density at radius 3 is 3.00 bits per heavy atom. The van der Waals surface area contributed by atoms with Crippen molar-refractivity contribution < 1.29 is 9.47 Å². The maximum Gasteiger partial charge on any atom is 0.228 e. The van der Waals surface area contributed by atoms with Crippen LogP contribution in [0.1, 0.15) is 18.4 Å². The number of anilines is 1. The second-order valence-electron chi connectivity index (χ2n) is 5.66. The molecule has 1 aliphatic heterocycles. The van der Waals surface area contributed by atoms with Crippen LogP contribution in [0, 0.1) is 17.2 Å². The van der Waals surface area contributed by atoms with Crippen LogP contribution in [0.25, 0.3) is 0 Å². The average Bonchev–Trinajstić information content (AvgIpc) is 2.67. The lowest BCUT2D eigenvalue weighted by Crippen LogP contribution is -2.38. The molecule has 0 aliphatic carbocycles. The number of rotatable bonds is 5. The van der Waals surface area contributed by atoms with E-state index in [0.29, 0.717) is 35.8 Å². The highest BCUT2D eigenvalue weighted by Gasteiger charge is 2.22. The molecule has 2 aromatic heterocycles. The number of hydrogen-bond acceptors (Lipinski definition) is 7. The molecular formula is C17H19N5O2. The first-order valence-electron chi connectivity index (χ1n) is 7.89. The maximum absolute atomic E-state index is 8.92. The van der Waals surface area contributed by atoms with Crippen molar-refractivity contribution >= 4 is 5.95 Å². The number of nitriles is 1. The molecule has 3 heterocycles. The van der Waals surface area contributed by atoms with Crippen LogP contribution in [0.15, 0.2) is 30.6 Å². The predicted molar refractivity (Wildman–Crippen MR) is 88.0 cm³/mol. The normalized spacial score (nSPS) is 17.2. The number of ether oxygens (including phenoxy) is 2. The summed E-state index contributed by atoms with van der Waals surface area (Å²) in [5, 5.41) is 8.92. The van der Waals surface area contributed by atoms with Crippen LogP contribution < -0.4 is 14.4 Å². The second-order valence-corrected chi connectivity index (χ2v) is 5.66. The zero-order chi connectivity index (χ0) is 16.8. The van der Waals surface area contributed by atoms with Gasteiger partial charge in [0.25, 0.3) is 0 Å². The minimum Gasteiger partial charge on any atom is -0.481 e. The van der Waals surface area contributed by atoms with Crippen molar-refractivity contribution in [2.24, 2.45) is 5.92 Å². The van der Waals surface area contributed by atoms with E-state index >= 15 is 0 Å². The van der Waals surface area contributed by atoms with Gasteiger partial charge >= 0.3 is 0 Å². The van der Waals surface area contributed by atoms with Crippen molar-refractivity contribution in [3.05, 3.63) is 36.2 Å². The van der Waals surface area contributed by atoms with Crippen molar-refractivity contribution in [3.8, 4) is 17.8 Å². The van der Waals surface area contributed by atoms with Gasteiger partial charge in [0.05, 0.1) is 25.3 Å². The first kappa shape index (κ1) is 16.0. The lowest BCUT2D eigenvalue weighted by Gasteiger charge is -2.32. The van der Waals surface area contributed by atoms with Crippen LogP contribution in [-0.4, -0.2) is 41.8 Å². The Hall–Kier alpha value is -2.88.